The number of ether oxygens (including phenoxy) is 1. The number of amides is 1. The molecule has 1 unspecified atom stereocenters. The number of rotatable bonds is 5. The van der Waals surface area contributed by atoms with Crippen LogP contribution in [0.2, 0.25) is 0 Å². The van der Waals surface area contributed by atoms with E-state index in [1.165, 1.54) is 4.90 Å². The monoisotopic (exact) mass is 823 g/mol. The second kappa shape index (κ2) is 10.3. The first-order valence-corrected chi connectivity index (χ1v) is 13.2. The first-order chi connectivity index (χ1) is 14.5. The van der Waals surface area contributed by atoms with Gasteiger partial charge in [-0.25, -0.2) is 0 Å². The summed E-state index contributed by atoms with van der Waals surface area (Å²) in [6, 6.07) is 3.53. The Kier molecular flexibility index (Phi) is 9.03. The molecule has 1 fully saturated rings. The van der Waals surface area contributed by atoms with Crippen LogP contribution in [-0.2, 0) is 19.6 Å². The van der Waals surface area contributed by atoms with Crippen LogP contribution in [0, 0.1) is 16.6 Å². The van der Waals surface area contributed by atoms with Crippen LogP contribution < -0.4 is 0 Å². The van der Waals surface area contributed by atoms with Gasteiger partial charge in [0.05, 0.1) is 11.5 Å². The minimum Gasteiger partial charge on any atom is -0.444 e. The van der Waals surface area contributed by atoms with Crippen molar-refractivity contribution in [3.63, 3.8) is 0 Å². The maximum atomic E-state index is 13.6. The van der Waals surface area contributed by atoms with Crippen LogP contribution in [0.1, 0.15) is 23.2 Å². The van der Waals surface area contributed by atoms with Crippen molar-refractivity contribution in [3.8, 4) is 0 Å². The molecule has 0 bridgehead atoms. The molecular formula is C16H13F5I3NO6S. The van der Waals surface area contributed by atoms with Gasteiger partial charge >= 0.3 is 27.5 Å². The lowest BCUT2D eigenvalue weighted by Crippen LogP contribution is -2.53. The lowest BCUT2D eigenvalue weighted by Gasteiger charge is -2.33. The highest BCUT2D eigenvalue weighted by Crippen LogP contribution is 2.39. The van der Waals surface area contributed by atoms with E-state index in [1.807, 2.05) is 51.2 Å². The van der Waals surface area contributed by atoms with E-state index in [4.69, 9.17) is 4.55 Å². The van der Waals surface area contributed by atoms with Crippen LogP contribution >= 0.6 is 67.8 Å². The van der Waals surface area contributed by atoms with E-state index in [1.54, 1.807) is 6.07 Å². The van der Waals surface area contributed by atoms with Crippen LogP contribution in [0.25, 0.3) is 0 Å². The van der Waals surface area contributed by atoms with E-state index in [2.05, 4.69) is 27.3 Å². The van der Waals surface area contributed by atoms with Gasteiger partial charge in [-0.2, -0.15) is 30.4 Å². The van der Waals surface area contributed by atoms with Gasteiger partial charge in [0.15, 0.2) is 0 Å². The summed E-state index contributed by atoms with van der Waals surface area (Å²) in [5.74, 6) is -3.32. The zero-order chi connectivity index (χ0) is 24.6. The Bertz CT molecular complexity index is 1010. The molecule has 1 aliphatic heterocycles. The molecule has 1 N–H and O–H groups in total. The Morgan fingerprint density at radius 3 is 2.09 bits per heavy atom. The van der Waals surface area contributed by atoms with E-state index >= 15 is 0 Å². The summed E-state index contributed by atoms with van der Waals surface area (Å²) in [7, 11) is -6.51. The number of hydrogen-bond acceptors (Lipinski definition) is 5. The largest absolute Gasteiger partial charge is 0.444 e. The van der Waals surface area contributed by atoms with E-state index in [0.29, 0.717) is 9.13 Å². The fourth-order valence-corrected chi connectivity index (χ4v) is 5.71. The van der Waals surface area contributed by atoms with E-state index < -0.39 is 39.5 Å². The van der Waals surface area contributed by atoms with Crippen molar-refractivity contribution >= 4 is 89.8 Å². The molecule has 1 aliphatic rings. The van der Waals surface area contributed by atoms with Gasteiger partial charge in [0.1, 0.15) is 0 Å². The van der Waals surface area contributed by atoms with Crippen LogP contribution in [0.3, 0.4) is 0 Å². The van der Waals surface area contributed by atoms with Crippen LogP contribution in [0.4, 0.5) is 22.0 Å². The highest BCUT2D eigenvalue weighted by molar-refractivity contribution is 14.1. The molecule has 1 saturated heterocycles. The summed E-state index contributed by atoms with van der Waals surface area (Å²) < 4.78 is 102. The number of esters is 1. The van der Waals surface area contributed by atoms with Crippen molar-refractivity contribution in [1.82, 2.24) is 4.90 Å². The zero-order valence-corrected chi connectivity index (χ0v) is 22.8. The average Bonchev–Trinajstić information content (AvgIpc) is 2.66. The Morgan fingerprint density at radius 1 is 1.09 bits per heavy atom. The molecule has 16 heteroatoms. The number of carbonyl (C=O) groups is 2. The third-order valence-corrected chi connectivity index (χ3v) is 9.09. The summed E-state index contributed by atoms with van der Waals surface area (Å²) >= 11 is 6.10. The molecule has 1 atom stereocenters. The minimum absolute atomic E-state index is 0.0535. The third kappa shape index (κ3) is 6.32. The third-order valence-electron chi connectivity index (χ3n) is 4.52. The quantitative estimate of drug-likeness (QED) is 0.157. The Hall–Kier alpha value is -0.0900. The summed E-state index contributed by atoms with van der Waals surface area (Å²) in [4.78, 5) is 26.3. The number of alkyl halides is 5. The second-order valence-corrected chi connectivity index (χ2v) is 11.7. The lowest BCUT2D eigenvalue weighted by molar-refractivity contribution is -0.261. The zero-order valence-electron chi connectivity index (χ0n) is 15.5. The predicted octanol–water partition coefficient (Wildman–Crippen LogP) is 4.31. The topological polar surface area (TPSA) is 101 Å². The van der Waals surface area contributed by atoms with Gasteiger partial charge in [-0.1, -0.05) is 0 Å². The highest BCUT2D eigenvalue weighted by Gasteiger charge is 2.66. The summed E-state index contributed by atoms with van der Waals surface area (Å²) in [5.41, 5.74) is 0.410. The second-order valence-electron chi connectivity index (χ2n) is 6.71. The molecular weight excluding hydrogens is 810 g/mol. The molecule has 1 heterocycles. The van der Waals surface area contributed by atoms with Gasteiger partial charge in [0.25, 0.3) is 12.0 Å². The van der Waals surface area contributed by atoms with Crippen molar-refractivity contribution < 1.29 is 49.2 Å². The first kappa shape index (κ1) is 28.1. The van der Waals surface area contributed by atoms with Gasteiger partial charge in [0.2, 0.25) is 0 Å². The van der Waals surface area contributed by atoms with E-state index in [-0.39, 0.29) is 31.8 Å². The Labute approximate surface area is 220 Å². The first-order valence-electron chi connectivity index (χ1n) is 8.52. The SMILES string of the molecule is O=C(OC(C(F)(F)F)C(F)(F)S(=O)(=O)O)C1CCN(C(=O)c2cc(I)cc(I)c2I)CC1. The summed E-state index contributed by atoms with van der Waals surface area (Å²) in [6.07, 6.45) is -10.7. The Morgan fingerprint density at radius 2 is 1.62 bits per heavy atom. The number of likely N-dealkylation sites (tertiary alicyclic amines) is 1. The normalized spacial score (nSPS) is 17.2. The Balaban J connectivity index is 2.11. The van der Waals surface area contributed by atoms with Gasteiger partial charge in [-0.3, -0.25) is 14.1 Å². The van der Waals surface area contributed by atoms with Gasteiger partial charge in [0, 0.05) is 23.8 Å². The van der Waals surface area contributed by atoms with Crippen molar-refractivity contribution in [2.24, 2.45) is 5.92 Å². The number of nitrogens with zero attached hydrogens (tertiary/aromatic N) is 1. The van der Waals surface area contributed by atoms with Crippen LogP contribution in [-0.4, -0.2) is 60.4 Å². The number of halogens is 8. The molecule has 7 nitrogen and oxygen atoms in total. The van der Waals surface area contributed by atoms with Gasteiger partial charge < -0.3 is 9.64 Å². The number of benzene rings is 1. The predicted molar refractivity (Wildman–Crippen MR) is 126 cm³/mol. The number of hydrogen-bond donors (Lipinski definition) is 1. The summed E-state index contributed by atoms with van der Waals surface area (Å²) in [6.45, 7) is -0.107. The molecule has 1 aromatic carbocycles. The molecule has 0 radical (unpaired) electrons. The molecule has 0 aliphatic carbocycles. The van der Waals surface area contributed by atoms with E-state index in [9.17, 15) is 40.0 Å². The lowest BCUT2D eigenvalue weighted by atomic mass is 9.96. The van der Waals surface area contributed by atoms with Gasteiger partial charge in [-0.05, 0) is 92.7 Å². The minimum atomic E-state index is -6.51. The van der Waals surface area contributed by atoms with Gasteiger partial charge in [-0.15, -0.1) is 0 Å². The smallest absolute Gasteiger partial charge is 0.432 e. The number of piperidine rings is 1. The standard InChI is InChI=1S/C16H13F5I3NO6S/c17-15(18,19)14(16(20,21)32(28,29)30)31-13(27)7-1-3-25(4-2-7)12(26)9-5-8(22)6-10(23)11(9)24/h5-7,14H,1-4H2,(H,28,29,30). The average molecular weight is 823 g/mol. The summed E-state index contributed by atoms with van der Waals surface area (Å²) in [5, 5.41) is -5.78. The molecule has 2 rings (SSSR count). The fraction of sp³-hybridized carbons (Fsp3) is 0.500. The number of carbonyl (C=O) groups excluding carboxylic acids is 2. The maximum Gasteiger partial charge on any atom is 0.432 e. The molecule has 0 spiro atoms. The van der Waals surface area contributed by atoms with Crippen molar-refractivity contribution in [1.29, 1.82) is 0 Å². The van der Waals surface area contributed by atoms with Crippen molar-refractivity contribution in [3.05, 3.63) is 28.4 Å². The van der Waals surface area contributed by atoms with Crippen molar-refractivity contribution in [2.75, 3.05) is 13.1 Å². The van der Waals surface area contributed by atoms with Crippen molar-refractivity contribution in [2.45, 2.75) is 30.4 Å². The van der Waals surface area contributed by atoms with E-state index in [0.717, 1.165) is 7.14 Å². The maximum absolute atomic E-state index is 13.6. The molecule has 1 amide bonds. The molecule has 1 aromatic rings. The molecule has 0 saturated carbocycles. The molecule has 180 valence electrons. The molecule has 32 heavy (non-hydrogen) atoms. The highest BCUT2D eigenvalue weighted by atomic mass is 127. The van der Waals surface area contributed by atoms with Crippen LogP contribution in [0.15, 0.2) is 12.1 Å². The van der Waals surface area contributed by atoms with Crippen LogP contribution in [0.5, 0.6) is 0 Å². The molecule has 0 aromatic heterocycles. The fourth-order valence-electron chi connectivity index (χ4n) is 2.87.